The number of halogens is 1. The molecule has 2 N–H and O–H groups in total. The summed E-state index contributed by atoms with van der Waals surface area (Å²) >= 11 is 0. The maximum Gasteiger partial charge on any atom is 0.220 e. The van der Waals surface area contributed by atoms with E-state index in [4.69, 9.17) is 0 Å². The Hall–Kier alpha value is -0.280. The molecule has 64 valence electrons. The van der Waals surface area contributed by atoms with E-state index in [9.17, 15) is 4.79 Å². The fraction of sp³-hybridized carbons (Fsp3) is 0.857. The Balaban J connectivity index is 0.000000605. The molecule has 0 saturated carbocycles. The van der Waals surface area contributed by atoms with E-state index in [1.54, 1.807) is 0 Å². The molecule has 2 aliphatic rings. The highest BCUT2D eigenvalue weighted by molar-refractivity contribution is 5.85. The second kappa shape index (κ2) is 2.99. The molecule has 2 aliphatic heterocycles. The van der Waals surface area contributed by atoms with E-state index in [1.807, 2.05) is 0 Å². The minimum absolute atomic E-state index is 0. The summed E-state index contributed by atoms with van der Waals surface area (Å²) in [4.78, 5) is 10.9. The molecule has 2 rings (SSSR count). The lowest BCUT2D eigenvalue weighted by molar-refractivity contribution is -0.119. The highest BCUT2D eigenvalue weighted by Crippen LogP contribution is 2.25. The Morgan fingerprint density at radius 2 is 2.18 bits per heavy atom. The van der Waals surface area contributed by atoms with Crippen molar-refractivity contribution in [3.8, 4) is 0 Å². The smallest absolute Gasteiger partial charge is 0.220 e. The van der Waals surface area contributed by atoms with Gasteiger partial charge in [-0.3, -0.25) is 4.79 Å². The molecule has 0 aliphatic carbocycles. The van der Waals surface area contributed by atoms with Crippen molar-refractivity contribution in [2.24, 2.45) is 0 Å². The van der Waals surface area contributed by atoms with Crippen molar-refractivity contribution < 1.29 is 4.79 Å². The maximum absolute atomic E-state index is 10.9. The van der Waals surface area contributed by atoms with Crippen LogP contribution < -0.4 is 10.6 Å². The minimum Gasteiger partial charge on any atom is -0.349 e. The quantitative estimate of drug-likeness (QED) is 0.548. The SMILES string of the molecule is Cl.O=C1CC[C@@]2(CCNC2)N1. The third kappa shape index (κ3) is 1.49. The van der Waals surface area contributed by atoms with Crippen LogP contribution in [0.5, 0.6) is 0 Å². The van der Waals surface area contributed by atoms with Crippen molar-refractivity contribution in [1.29, 1.82) is 0 Å². The maximum atomic E-state index is 10.9. The van der Waals surface area contributed by atoms with Crippen LogP contribution in [0.3, 0.4) is 0 Å². The summed E-state index contributed by atoms with van der Waals surface area (Å²) in [6.45, 7) is 2.03. The average molecular weight is 177 g/mol. The zero-order valence-electron chi connectivity index (χ0n) is 6.35. The van der Waals surface area contributed by atoms with Crippen molar-refractivity contribution >= 4 is 18.3 Å². The molecule has 0 bridgehead atoms. The second-order valence-corrected chi connectivity index (χ2v) is 3.26. The van der Waals surface area contributed by atoms with Crippen molar-refractivity contribution in [3.63, 3.8) is 0 Å². The molecule has 4 heteroatoms. The van der Waals surface area contributed by atoms with Gasteiger partial charge in [-0.25, -0.2) is 0 Å². The fourth-order valence-electron chi connectivity index (χ4n) is 1.84. The number of rotatable bonds is 0. The molecule has 0 aromatic rings. The molecule has 1 amide bonds. The van der Waals surface area contributed by atoms with Gasteiger partial charge in [0, 0.05) is 13.0 Å². The first-order chi connectivity index (χ1) is 4.81. The van der Waals surface area contributed by atoms with Gasteiger partial charge in [-0.1, -0.05) is 0 Å². The van der Waals surface area contributed by atoms with Crippen molar-refractivity contribution in [3.05, 3.63) is 0 Å². The molecule has 0 radical (unpaired) electrons. The number of carbonyl (C=O) groups excluding carboxylic acids is 1. The van der Waals surface area contributed by atoms with E-state index in [-0.39, 0.29) is 23.9 Å². The highest BCUT2D eigenvalue weighted by Gasteiger charge is 2.39. The van der Waals surface area contributed by atoms with E-state index in [1.165, 1.54) is 0 Å². The van der Waals surface area contributed by atoms with Crippen LogP contribution in [0.25, 0.3) is 0 Å². The number of carbonyl (C=O) groups is 1. The van der Waals surface area contributed by atoms with Gasteiger partial charge in [0.1, 0.15) is 0 Å². The number of hydrogen-bond acceptors (Lipinski definition) is 2. The molecule has 11 heavy (non-hydrogen) atoms. The van der Waals surface area contributed by atoms with Crippen LogP contribution in [0.1, 0.15) is 19.3 Å². The predicted molar refractivity (Wildman–Crippen MR) is 44.8 cm³/mol. The minimum atomic E-state index is 0. The lowest BCUT2D eigenvalue weighted by atomic mass is 9.97. The summed E-state index contributed by atoms with van der Waals surface area (Å²) in [5, 5.41) is 6.29. The topological polar surface area (TPSA) is 41.1 Å². The summed E-state index contributed by atoms with van der Waals surface area (Å²) in [7, 11) is 0. The molecule has 2 heterocycles. The van der Waals surface area contributed by atoms with Crippen LogP contribution in [0.4, 0.5) is 0 Å². The normalized spacial score (nSPS) is 35.5. The van der Waals surface area contributed by atoms with Crippen LogP contribution >= 0.6 is 12.4 Å². The number of amides is 1. The molecule has 0 unspecified atom stereocenters. The Labute approximate surface area is 72.3 Å². The van der Waals surface area contributed by atoms with Crippen LogP contribution in [-0.4, -0.2) is 24.5 Å². The van der Waals surface area contributed by atoms with Gasteiger partial charge in [0.15, 0.2) is 0 Å². The van der Waals surface area contributed by atoms with E-state index in [0.717, 1.165) is 32.4 Å². The lowest BCUT2D eigenvalue weighted by Gasteiger charge is -2.20. The van der Waals surface area contributed by atoms with Crippen LogP contribution in [0.2, 0.25) is 0 Å². The van der Waals surface area contributed by atoms with Gasteiger partial charge in [0.05, 0.1) is 5.54 Å². The van der Waals surface area contributed by atoms with Crippen molar-refractivity contribution in [1.82, 2.24) is 10.6 Å². The molecule has 3 nitrogen and oxygen atoms in total. The summed E-state index contributed by atoms with van der Waals surface area (Å²) < 4.78 is 0. The first-order valence-electron chi connectivity index (χ1n) is 3.83. The summed E-state index contributed by atoms with van der Waals surface area (Å²) in [5.74, 6) is 0.226. The Morgan fingerprint density at radius 3 is 2.64 bits per heavy atom. The Morgan fingerprint density at radius 1 is 1.36 bits per heavy atom. The predicted octanol–water partition coefficient (Wildman–Crippen LogP) is 0.0503. The van der Waals surface area contributed by atoms with E-state index in [2.05, 4.69) is 10.6 Å². The monoisotopic (exact) mass is 176 g/mol. The van der Waals surface area contributed by atoms with Gasteiger partial charge in [0.25, 0.3) is 0 Å². The Bertz CT molecular complexity index is 166. The zero-order valence-corrected chi connectivity index (χ0v) is 7.17. The molecule has 1 spiro atoms. The van der Waals surface area contributed by atoms with Crippen LogP contribution in [0.15, 0.2) is 0 Å². The summed E-state index contributed by atoms with van der Waals surface area (Å²) in [6.07, 6.45) is 2.86. The third-order valence-electron chi connectivity index (χ3n) is 2.48. The summed E-state index contributed by atoms with van der Waals surface area (Å²) in [6, 6.07) is 0. The zero-order chi connectivity index (χ0) is 7.03. The number of hydrogen-bond donors (Lipinski definition) is 2. The number of nitrogens with one attached hydrogen (secondary N) is 2. The highest BCUT2D eigenvalue weighted by atomic mass is 35.5. The summed E-state index contributed by atoms with van der Waals surface area (Å²) in [5.41, 5.74) is 0.150. The van der Waals surface area contributed by atoms with Crippen LogP contribution in [0, 0.1) is 0 Å². The first-order valence-corrected chi connectivity index (χ1v) is 3.83. The van der Waals surface area contributed by atoms with Gasteiger partial charge in [-0.15, -0.1) is 12.4 Å². The lowest BCUT2D eigenvalue weighted by Crippen LogP contribution is -2.43. The molecule has 2 fully saturated rings. The van der Waals surface area contributed by atoms with Gasteiger partial charge in [0.2, 0.25) is 5.91 Å². The van der Waals surface area contributed by atoms with E-state index < -0.39 is 0 Å². The molecule has 1 atom stereocenters. The van der Waals surface area contributed by atoms with E-state index >= 15 is 0 Å². The molecular weight excluding hydrogens is 164 g/mol. The third-order valence-corrected chi connectivity index (χ3v) is 2.48. The average Bonchev–Trinajstić information content (AvgIpc) is 2.46. The fourth-order valence-corrected chi connectivity index (χ4v) is 1.84. The van der Waals surface area contributed by atoms with Gasteiger partial charge in [-0.05, 0) is 19.4 Å². The van der Waals surface area contributed by atoms with Crippen LogP contribution in [-0.2, 0) is 4.79 Å². The molecular formula is C7H13ClN2O. The first kappa shape index (κ1) is 8.81. The van der Waals surface area contributed by atoms with Crippen molar-refractivity contribution in [2.45, 2.75) is 24.8 Å². The van der Waals surface area contributed by atoms with Gasteiger partial charge >= 0.3 is 0 Å². The van der Waals surface area contributed by atoms with Gasteiger partial charge < -0.3 is 10.6 Å². The van der Waals surface area contributed by atoms with E-state index in [0.29, 0.717) is 0 Å². The largest absolute Gasteiger partial charge is 0.349 e. The van der Waals surface area contributed by atoms with Crippen molar-refractivity contribution in [2.75, 3.05) is 13.1 Å². The molecule has 0 aromatic carbocycles. The second-order valence-electron chi connectivity index (χ2n) is 3.26. The Kier molecular flexibility index (Phi) is 2.40. The van der Waals surface area contributed by atoms with Gasteiger partial charge in [-0.2, -0.15) is 0 Å². The molecule has 2 saturated heterocycles. The standard InChI is InChI=1S/C7H12N2O.ClH/c10-6-1-2-7(9-6)3-4-8-5-7;/h8H,1-5H2,(H,9,10);1H/t7-;/m0./s1. The molecule has 0 aromatic heterocycles.